The average molecular weight is 331 g/mol. The summed E-state index contributed by atoms with van der Waals surface area (Å²) >= 11 is 3.36. The second-order valence-corrected chi connectivity index (χ2v) is 7.15. The van der Waals surface area contributed by atoms with E-state index in [1.807, 2.05) is 11.7 Å². The molecule has 0 spiro atoms. The summed E-state index contributed by atoms with van der Waals surface area (Å²) in [6.07, 6.45) is 1.95. The van der Waals surface area contributed by atoms with Gasteiger partial charge in [0.2, 0.25) is 0 Å². The molecule has 1 saturated heterocycles. The van der Waals surface area contributed by atoms with Gasteiger partial charge in [0, 0.05) is 44.3 Å². The molecule has 0 aromatic carbocycles. The molecule has 0 radical (unpaired) electrons. The van der Waals surface area contributed by atoms with Gasteiger partial charge in [0.05, 0.1) is 28.0 Å². The summed E-state index contributed by atoms with van der Waals surface area (Å²) in [7, 11) is 0. The van der Waals surface area contributed by atoms with E-state index in [2.05, 4.69) is 41.6 Å². The number of thiophene rings is 1. The van der Waals surface area contributed by atoms with Crippen LogP contribution in [0.2, 0.25) is 0 Å². The van der Waals surface area contributed by atoms with Gasteiger partial charge in [0.25, 0.3) is 0 Å². The summed E-state index contributed by atoms with van der Waals surface area (Å²) in [4.78, 5) is 18.4. The van der Waals surface area contributed by atoms with Crippen LogP contribution in [0.25, 0.3) is 10.2 Å². The molecule has 22 heavy (non-hydrogen) atoms. The molecule has 0 bridgehead atoms. The minimum Gasteiger partial charge on any atom is -0.295 e. The molecule has 0 N–H and O–H groups in total. The molecule has 3 aromatic heterocycles. The van der Waals surface area contributed by atoms with E-state index in [1.54, 1.807) is 22.7 Å². The van der Waals surface area contributed by atoms with E-state index < -0.39 is 0 Å². The van der Waals surface area contributed by atoms with Crippen LogP contribution in [-0.2, 0) is 13.1 Å². The monoisotopic (exact) mass is 331 g/mol. The Labute approximate surface area is 137 Å². The van der Waals surface area contributed by atoms with E-state index in [0.29, 0.717) is 0 Å². The van der Waals surface area contributed by atoms with Crippen molar-refractivity contribution in [3.63, 3.8) is 0 Å². The van der Waals surface area contributed by atoms with Gasteiger partial charge < -0.3 is 0 Å². The SMILES string of the molecule is c1nc(CN2CCN(Cc3ncc4sccc4n3)CC2)cs1. The maximum absolute atomic E-state index is 4.64. The first-order valence-corrected chi connectivity index (χ1v) is 9.20. The Kier molecular flexibility index (Phi) is 4.11. The van der Waals surface area contributed by atoms with Crippen LogP contribution < -0.4 is 0 Å². The fraction of sp³-hybridized carbons (Fsp3) is 0.400. The average Bonchev–Trinajstić information content (AvgIpc) is 3.20. The number of hydrogen-bond donors (Lipinski definition) is 0. The lowest BCUT2D eigenvalue weighted by molar-refractivity contribution is 0.119. The highest BCUT2D eigenvalue weighted by molar-refractivity contribution is 7.17. The van der Waals surface area contributed by atoms with E-state index >= 15 is 0 Å². The Balaban J connectivity index is 1.33. The summed E-state index contributed by atoms with van der Waals surface area (Å²) in [5.74, 6) is 0.929. The van der Waals surface area contributed by atoms with Crippen LogP contribution in [0.15, 0.2) is 28.5 Å². The molecule has 1 fully saturated rings. The first-order valence-electron chi connectivity index (χ1n) is 7.38. The Morgan fingerprint density at radius 3 is 2.64 bits per heavy atom. The van der Waals surface area contributed by atoms with Gasteiger partial charge >= 0.3 is 0 Å². The predicted octanol–water partition coefficient (Wildman–Crippen LogP) is 2.47. The number of rotatable bonds is 4. The lowest BCUT2D eigenvalue weighted by Gasteiger charge is -2.33. The second kappa shape index (κ2) is 6.37. The summed E-state index contributed by atoms with van der Waals surface area (Å²) < 4.78 is 1.16. The van der Waals surface area contributed by atoms with Gasteiger partial charge in [-0.1, -0.05) is 0 Å². The van der Waals surface area contributed by atoms with Gasteiger partial charge in [-0.05, 0) is 11.4 Å². The van der Waals surface area contributed by atoms with Crippen molar-refractivity contribution in [2.75, 3.05) is 26.2 Å². The summed E-state index contributed by atoms with van der Waals surface area (Å²) in [5, 5.41) is 4.21. The molecule has 4 rings (SSSR count). The summed E-state index contributed by atoms with van der Waals surface area (Å²) in [6, 6.07) is 2.07. The van der Waals surface area contributed by atoms with Crippen molar-refractivity contribution < 1.29 is 0 Å². The molecular formula is C15H17N5S2. The number of aromatic nitrogens is 3. The van der Waals surface area contributed by atoms with Gasteiger partial charge in [-0.2, -0.15) is 0 Å². The summed E-state index contributed by atoms with van der Waals surface area (Å²) in [5.41, 5.74) is 4.16. The van der Waals surface area contributed by atoms with Crippen LogP contribution in [-0.4, -0.2) is 50.9 Å². The minimum absolute atomic E-state index is 0.844. The lowest BCUT2D eigenvalue weighted by atomic mass is 10.3. The minimum atomic E-state index is 0.844. The first kappa shape index (κ1) is 14.2. The zero-order chi connectivity index (χ0) is 14.8. The fourth-order valence-corrected chi connectivity index (χ4v) is 3.97. The van der Waals surface area contributed by atoms with E-state index in [0.717, 1.165) is 55.3 Å². The molecule has 1 aliphatic heterocycles. The van der Waals surface area contributed by atoms with Gasteiger partial charge in [-0.15, -0.1) is 22.7 Å². The fourth-order valence-electron chi connectivity index (χ4n) is 2.73. The van der Waals surface area contributed by atoms with Crippen LogP contribution in [0, 0.1) is 0 Å². The van der Waals surface area contributed by atoms with E-state index in [-0.39, 0.29) is 0 Å². The first-order chi connectivity index (χ1) is 10.9. The number of thiazole rings is 1. The molecule has 114 valence electrons. The normalized spacial score (nSPS) is 17.3. The van der Waals surface area contributed by atoms with Crippen LogP contribution in [0.3, 0.4) is 0 Å². The summed E-state index contributed by atoms with van der Waals surface area (Å²) in [6.45, 7) is 6.10. The van der Waals surface area contributed by atoms with Gasteiger partial charge in [0.1, 0.15) is 5.82 Å². The molecule has 0 atom stereocenters. The van der Waals surface area contributed by atoms with Gasteiger partial charge in [-0.25, -0.2) is 15.0 Å². The van der Waals surface area contributed by atoms with Crippen LogP contribution in [0.4, 0.5) is 0 Å². The molecule has 3 aromatic rings. The number of fused-ring (bicyclic) bond motifs is 1. The lowest BCUT2D eigenvalue weighted by Crippen LogP contribution is -2.45. The molecule has 0 saturated carbocycles. The Hall–Kier alpha value is -1.41. The second-order valence-electron chi connectivity index (χ2n) is 5.49. The maximum Gasteiger partial charge on any atom is 0.143 e. The van der Waals surface area contributed by atoms with Crippen LogP contribution >= 0.6 is 22.7 Å². The van der Waals surface area contributed by atoms with E-state index in [9.17, 15) is 0 Å². The van der Waals surface area contributed by atoms with Crippen LogP contribution in [0.5, 0.6) is 0 Å². The molecule has 4 heterocycles. The molecule has 0 unspecified atom stereocenters. The van der Waals surface area contributed by atoms with Crippen LogP contribution in [0.1, 0.15) is 11.5 Å². The standard InChI is InChI=1S/C15H17N5S2/c1-6-22-14-7-16-15(18-13(1)14)9-20-4-2-19(3-5-20)8-12-10-21-11-17-12/h1,6-7,10-11H,2-5,8-9H2. The zero-order valence-electron chi connectivity index (χ0n) is 12.2. The van der Waals surface area contributed by atoms with Crippen molar-refractivity contribution in [2.45, 2.75) is 13.1 Å². The Bertz CT molecular complexity index is 731. The third-order valence-electron chi connectivity index (χ3n) is 3.95. The van der Waals surface area contributed by atoms with Gasteiger partial charge in [0.15, 0.2) is 0 Å². The van der Waals surface area contributed by atoms with Crippen molar-refractivity contribution in [1.82, 2.24) is 24.8 Å². The molecular weight excluding hydrogens is 314 g/mol. The van der Waals surface area contributed by atoms with Crippen molar-refractivity contribution in [3.05, 3.63) is 40.1 Å². The molecule has 7 heteroatoms. The number of nitrogens with zero attached hydrogens (tertiary/aromatic N) is 5. The van der Waals surface area contributed by atoms with Crippen molar-refractivity contribution in [1.29, 1.82) is 0 Å². The Morgan fingerprint density at radius 1 is 1.05 bits per heavy atom. The van der Waals surface area contributed by atoms with E-state index in [1.165, 1.54) is 5.69 Å². The largest absolute Gasteiger partial charge is 0.295 e. The topological polar surface area (TPSA) is 45.2 Å². The number of hydrogen-bond acceptors (Lipinski definition) is 7. The van der Waals surface area contributed by atoms with Gasteiger partial charge in [-0.3, -0.25) is 9.80 Å². The van der Waals surface area contributed by atoms with Crippen molar-refractivity contribution in [2.24, 2.45) is 0 Å². The van der Waals surface area contributed by atoms with E-state index in [4.69, 9.17) is 0 Å². The zero-order valence-corrected chi connectivity index (χ0v) is 13.8. The third-order valence-corrected chi connectivity index (χ3v) is 5.43. The number of piperazine rings is 1. The molecule has 0 amide bonds. The molecule has 5 nitrogen and oxygen atoms in total. The predicted molar refractivity (Wildman–Crippen MR) is 90.1 cm³/mol. The van der Waals surface area contributed by atoms with Crippen molar-refractivity contribution >= 4 is 32.9 Å². The molecule has 1 aliphatic rings. The quantitative estimate of drug-likeness (QED) is 0.735. The maximum atomic E-state index is 4.64. The highest BCUT2D eigenvalue weighted by Gasteiger charge is 2.18. The highest BCUT2D eigenvalue weighted by Crippen LogP contribution is 2.18. The molecule has 0 aliphatic carbocycles. The third kappa shape index (κ3) is 3.17. The smallest absolute Gasteiger partial charge is 0.143 e. The highest BCUT2D eigenvalue weighted by atomic mass is 32.1. The van der Waals surface area contributed by atoms with Crippen molar-refractivity contribution in [3.8, 4) is 0 Å². The Morgan fingerprint density at radius 2 is 1.86 bits per heavy atom.